The Morgan fingerprint density at radius 3 is 2.93 bits per heavy atom. The minimum Gasteiger partial charge on any atom is -0.467 e. The zero-order chi connectivity index (χ0) is 10.7. The molecule has 0 fully saturated rings. The number of aryl methyl sites for hydroxylation is 1. The van der Waals surface area contributed by atoms with E-state index < -0.39 is 0 Å². The number of nitrogens with one attached hydrogen (secondary N) is 1. The summed E-state index contributed by atoms with van der Waals surface area (Å²) in [6, 6.07) is 5.72. The minimum absolute atomic E-state index is 0.0711. The van der Waals surface area contributed by atoms with Crippen LogP contribution < -0.4 is 5.32 Å². The first-order valence-corrected chi connectivity index (χ1v) is 4.85. The van der Waals surface area contributed by atoms with Gasteiger partial charge in [0.05, 0.1) is 12.3 Å². The van der Waals surface area contributed by atoms with Crippen LogP contribution in [0.3, 0.4) is 0 Å². The van der Waals surface area contributed by atoms with Crippen molar-refractivity contribution in [3.8, 4) is 0 Å². The van der Waals surface area contributed by atoms with Crippen molar-refractivity contribution in [3.05, 3.63) is 42.1 Å². The Labute approximate surface area is 88.4 Å². The monoisotopic (exact) mass is 203 g/mol. The molecule has 0 amide bonds. The third-order valence-electron chi connectivity index (χ3n) is 2.11. The van der Waals surface area contributed by atoms with Crippen molar-refractivity contribution >= 4 is 5.95 Å². The van der Waals surface area contributed by atoms with Gasteiger partial charge in [-0.05, 0) is 32.0 Å². The van der Waals surface area contributed by atoms with E-state index in [1.807, 2.05) is 32.0 Å². The number of nitrogens with zero attached hydrogens (tertiary/aromatic N) is 2. The molecule has 4 heteroatoms. The van der Waals surface area contributed by atoms with Crippen molar-refractivity contribution in [2.24, 2.45) is 0 Å². The maximum Gasteiger partial charge on any atom is 0.223 e. The molecule has 1 unspecified atom stereocenters. The molecule has 2 aromatic rings. The Bertz CT molecular complexity index is 425. The fourth-order valence-electron chi connectivity index (χ4n) is 1.32. The van der Waals surface area contributed by atoms with Crippen molar-refractivity contribution in [1.29, 1.82) is 0 Å². The first-order chi connectivity index (χ1) is 7.25. The van der Waals surface area contributed by atoms with Crippen LogP contribution in [0, 0.1) is 6.92 Å². The van der Waals surface area contributed by atoms with Gasteiger partial charge in [0.25, 0.3) is 0 Å². The lowest BCUT2D eigenvalue weighted by atomic mass is 10.2. The molecule has 4 nitrogen and oxygen atoms in total. The molecule has 0 aromatic carbocycles. The average Bonchev–Trinajstić information content (AvgIpc) is 2.70. The van der Waals surface area contributed by atoms with E-state index in [1.54, 1.807) is 12.5 Å². The van der Waals surface area contributed by atoms with Gasteiger partial charge >= 0.3 is 0 Å². The number of anilines is 1. The summed E-state index contributed by atoms with van der Waals surface area (Å²) in [5, 5.41) is 3.17. The highest BCUT2D eigenvalue weighted by Gasteiger charge is 2.08. The van der Waals surface area contributed by atoms with Crippen molar-refractivity contribution in [3.63, 3.8) is 0 Å². The van der Waals surface area contributed by atoms with Crippen LogP contribution in [0.1, 0.15) is 24.4 Å². The van der Waals surface area contributed by atoms with Gasteiger partial charge in [0.2, 0.25) is 5.95 Å². The molecule has 0 saturated heterocycles. The highest BCUT2D eigenvalue weighted by atomic mass is 16.3. The van der Waals surface area contributed by atoms with E-state index in [0.29, 0.717) is 5.95 Å². The Hall–Kier alpha value is -1.84. The summed E-state index contributed by atoms with van der Waals surface area (Å²) in [5.41, 5.74) is 0.944. The topological polar surface area (TPSA) is 51.0 Å². The lowest BCUT2D eigenvalue weighted by molar-refractivity contribution is 0.489. The van der Waals surface area contributed by atoms with E-state index >= 15 is 0 Å². The van der Waals surface area contributed by atoms with E-state index in [0.717, 1.165) is 11.5 Å². The third-order valence-corrected chi connectivity index (χ3v) is 2.11. The van der Waals surface area contributed by atoms with Crippen LogP contribution in [0.4, 0.5) is 5.95 Å². The van der Waals surface area contributed by atoms with Crippen molar-refractivity contribution in [1.82, 2.24) is 9.97 Å². The highest BCUT2D eigenvalue weighted by molar-refractivity contribution is 5.28. The predicted octanol–water partition coefficient (Wildman–Crippen LogP) is 2.55. The molecule has 0 radical (unpaired) electrons. The molecular weight excluding hydrogens is 190 g/mol. The summed E-state index contributed by atoms with van der Waals surface area (Å²) in [6.07, 6.45) is 3.39. The fraction of sp³-hybridized carbons (Fsp3) is 0.273. The molecular formula is C11H13N3O. The second-order valence-electron chi connectivity index (χ2n) is 3.40. The number of rotatable bonds is 3. The molecule has 1 N–H and O–H groups in total. The zero-order valence-electron chi connectivity index (χ0n) is 8.77. The minimum atomic E-state index is 0.0711. The van der Waals surface area contributed by atoms with Crippen LogP contribution in [-0.2, 0) is 0 Å². The van der Waals surface area contributed by atoms with Crippen LogP contribution in [0.5, 0.6) is 0 Å². The molecule has 0 spiro atoms. The van der Waals surface area contributed by atoms with E-state index in [-0.39, 0.29) is 6.04 Å². The van der Waals surface area contributed by atoms with Crippen molar-refractivity contribution in [2.45, 2.75) is 19.9 Å². The SMILES string of the molecule is Cc1ccnc(NC(C)c2ccco2)n1. The molecule has 0 aliphatic carbocycles. The van der Waals surface area contributed by atoms with Gasteiger partial charge in [-0.15, -0.1) is 0 Å². The number of hydrogen-bond acceptors (Lipinski definition) is 4. The number of aromatic nitrogens is 2. The van der Waals surface area contributed by atoms with E-state index in [2.05, 4.69) is 15.3 Å². The summed E-state index contributed by atoms with van der Waals surface area (Å²) >= 11 is 0. The molecule has 15 heavy (non-hydrogen) atoms. The largest absolute Gasteiger partial charge is 0.467 e. The highest BCUT2D eigenvalue weighted by Crippen LogP contribution is 2.16. The molecule has 0 aliphatic rings. The van der Waals surface area contributed by atoms with Gasteiger partial charge in [-0.1, -0.05) is 0 Å². The maximum atomic E-state index is 5.28. The lowest BCUT2D eigenvalue weighted by Gasteiger charge is -2.10. The van der Waals surface area contributed by atoms with Crippen LogP contribution in [0.2, 0.25) is 0 Å². The fourth-order valence-corrected chi connectivity index (χ4v) is 1.32. The van der Waals surface area contributed by atoms with Gasteiger partial charge in [-0.2, -0.15) is 0 Å². The second kappa shape index (κ2) is 4.13. The molecule has 2 aromatic heterocycles. The Morgan fingerprint density at radius 2 is 2.27 bits per heavy atom. The maximum absolute atomic E-state index is 5.28. The van der Waals surface area contributed by atoms with Gasteiger partial charge in [-0.25, -0.2) is 9.97 Å². The Morgan fingerprint density at radius 1 is 1.40 bits per heavy atom. The smallest absolute Gasteiger partial charge is 0.223 e. The summed E-state index contributed by atoms with van der Waals surface area (Å²) < 4.78 is 5.28. The van der Waals surface area contributed by atoms with Crippen molar-refractivity contribution < 1.29 is 4.42 Å². The quantitative estimate of drug-likeness (QED) is 0.832. The van der Waals surface area contributed by atoms with Gasteiger partial charge in [0.1, 0.15) is 5.76 Å². The first-order valence-electron chi connectivity index (χ1n) is 4.85. The first kappa shape index (κ1) is 9.71. The molecule has 1 atom stereocenters. The van der Waals surface area contributed by atoms with Gasteiger partial charge in [-0.3, -0.25) is 0 Å². The van der Waals surface area contributed by atoms with E-state index in [9.17, 15) is 0 Å². The summed E-state index contributed by atoms with van der Waals surface area (Å²) in [6.45, 7) is 3.94. The van der Waals surface area contributed by atoms with Crippen LogP contribution in [0.25, 0.3) is 0 Å². The van der Waals surface area contributed by atoms with E-state index in [1.165, 1.54) is 0 Å². The Balaban J connectivity index is 2.09. The average molecular weight is 203 g/mol. The molecule has 0 aliphatic heterocycles. The zero-order valence-corrected chi connectivity index (χ0v) is 8.77. The molecule has 0 saturated carbocycles. The normalized spacial score (nSPS) is 12.4. The van der Waals surface area contributed by atoms with Gasteiger partial charge in [0, 0.05) is 11.9 Å². The summed E-state index contributed by atoms with van der Waals surface area (Å²) in [5.74, 6) is 1.50. The van der Waals surface area contributed by atoms with Crippen molar-refractivity contribution in [2.75, 3.05) is 5.32 Å². The van der Waals surface area contributed by atoms with Gasteiger partial charge < -0.3 is 9.73 Å². The van der Waals surface area contributed by atoms with E-state index in [4.69, 9.17) is 4.42 Å². The number of furan rings is 1. The molecule has 2 heterocycles. The Kier molecular flexibility index (Phi) is 2.67. The molecule has 0 bridgehead atoms. The predicted molar refractivity (Wildman–Crippen MR) is 57.5 cm³/mol. The summed E-state index contributed by atoms with van der Waals surface area (Å²) in [7, 11) is 0. The van der Waals surface area contributed by atoms with Crippen LogP contribution in [0.15, 0.2) is 35.1 Å². The number of hydrogen-bond donors (Lipinski definition) is 1. The molecule has 78 valence electrons. The summed E-state index contributed by atoms with van der Waals surface area (Å²) in [4.78, 5) is 8.38. The third kappa shape index (κ3) is 2.34. The lowest BCUT2D eigenvalue weighted by Crippen LogP contribution is -2.08. The second-order valence-corrected chi connectivity index (χ2v) is 3.40. The standard InChI is InChI=1S/C11H13N3O/c1-8-5-6-12-11(13-8)14-9(2)10-4-3-7-15-10/h3-7,9H,1-2H3,(H,12,13,14). The molecule has 2 rings (SSSR count). The van der Waals surface area contributed by atoms with Gasteiger partial charge in [0.15, 0.2) is 0 Å². The van der Waals surface area contributed by atoms with Crippen LogP contribution in [-0.4, -0.2) is 9.97 Å². The van der Waals surface area contributed by atoms with Crippen LogP contribution >= 0.6 is 0 Å².